The number of anilines is 1. The van der Waals surface area contributed by atoms with E-state index >= 15 is 0 Å². The lowest BCUT2D eigenvalue weighted by Crippen LogP contribution is -2.43. The molecule has 0 unspecified atom stereocenters. The van der Waals surface area contributed by atoms with Crippen molar-refractivity contribution < 1.29 is 9.90 Å². The summed E-state index contributed by atoms with van der Waals surface area (Å²) >= 11 is 5.75. The van der Waals surface area contributed by atoms with Crippen molar-refractivity contribution in [3.05, 3.63) is 23.0 Å². The van der Waals surface area contributed by atoms with Crippen molar-refractivity contribution in [1.82, 2.24) is 10.3 Å². The van der Waals surface area contributed by atoms with E-state index in [0.29, 0.717) is 12.1 Å². The molecule has 2 aliphatic heterocycles. The molecule has 17 heavy (non-hydrogen) atoms. The number of nitrogens with zero attached hydrogens (tertiary/aromatic N) is 2. The molecule has 0 radical (unpaired) electrons. The van der Waals surface area contributed by atoms with Crippen LogP contribution in [0.3, 0.4) is 0 Å². The van der Waals surface area contributed by atoms with Gasteiger partial charge in [-0.15, -0.1) is 0 Å². The van der Waals surface area contributed by atoms with Gasteiger partial charge in [-0.05, 0) is 12.5 Å². The third-order valence-electron chi connectivity index (χ3n) is 3.44. The Balaban J connectivity index is 1.93. The second kappa shape index (κ2) is 3.85. The van der Waals surface area contributed by atoms with Crippen molar-refractivity contribution in [1.29, 1.82) is 0 Å². The third kappa shape index (κ3) is 1.75. The first-order valence-corrected chi connectivity index (χ1v) is 5.92. The van der Waals surface area contributed by atoms with Gasteiger partial charge in [0.05, 0.1) is 17.4 Å². The summed E-state index contributed by atoms with van der Waals surface area (Å²) in [6.45, 7) is 1.86. The Bertz CT molecular complexity index is 480. The van der Waals surface area contributed by atoms with E-state index in [0.717, 1.165) is 25.2 Å². The number of piperazine rings is 1. The molecule has 2 aliphatic rings. The maximum Gasteiger partial charge on any atom is 0.338 e. The number of carboxylic acid groups (broad SMARTS) is 1. The predicted octanol–water partition coefficient (Wildman–Crippen LogP) is 0.984. The lowest BCUT2D eigenvalue weighted by molar-refractivity contribution is 0.0696. The van der Waals surface area contributed by atoms with Gasteiger partial charge in [-0.1, -0.05) is 11.6 Å². The minimum absolute atomic E-state index is 0.0451. The first-order chi connectivity index (χ1) is 8.15. The predicted molar refractivity (Wildman–Crippen MR) is 63.7 cm³/mol. The molecule has 2 saturated heterocycles. The molecular weight excluding hydrogens is 242 g/mol. The average Bonchev–Trinajstić information content (AvgIpc) is 2.91. The van der Waals surface area contributed by atoms with E-state index in [1.165, 1.54) is 0 Å². The first-order valence-electron chi connectivity index (χ1n) is 5.54. The molecule has 0 saturated carbocycles. The fraction of sp³-hybridized carbons (Fsp3) is 0.455. The Morgan fingerprint density at radius 3 is 3.06 bits per heavy atom. The number of aromatic carboxylic acids is 1. The van der Waals surface area contributed by atoms with Crippen LogP contribution in [0.25, 0.3) is 0 Å². The highest BCUT2D eigenvalue weighted by molar-refractivity contribution is 6.32. The molecule has 0 spiro atoms. The highest BCUT2D eigenvalue weighted by Gasteiger charge is 2.37. The zero-order valence-electron chi connectivity index (χ0n) is 9.06. The van der Waals surface area contributed by atoms with Gasteiger partial charge in [0.25, 0.3) is 0 Å². The van der Waals surface area contributed by atoms with Crippen molar-refractivity contribution in [2.75, 3.05) is 18.0 Å². The molecule has 2 fully saturated rings. The number of aromatic nitrogens is 1. The molecule has 0 aliphatic carbocycles. The van der Waals surface area contributed by atoms with Gasteiger partial charge >= 0.3 is 5.97 Å². The standard InChI is InChI=1S/C11H12ClN3O2/c12-10-9(11(16)17)2-8(4-14-10)15-5-6-1-7(15)3-13-6/h2,4,6-7,13H,1,3,5H2,(H,16,17)/t6-,7-/m0/s1. The lowest BCUT2D eigenvalue weighted by atomic mass is 10.2. The third-order valence-corrected chi connectivity index (χ3v) is 3.74. The number of hydrogen-bond donors (Lipinski definition) is 2. The van der Waals surface area contributed by atoms with Crippen molar-refractivity contribution in [2.45, 2.75) is 18.5 Å². The highest BCUT2D eigenvalue weighted by Crippen LogP contribution is 2.30. The molecule has 2 bridgehead atoms. The first kappa shape index (κ1) is 10.8. The van der Waals surface area contributed by atoms with Gasteiger partial charge in [-0.25, -0.2) is 9.78 Å². The van der Waals surface area contributed by atoms with Crippen molar-refractivity contribution in [3.8, 4) is 0 Å². The molecule has 3 rings (SSSR count). The van der Waals surface area contributed by atoms with Crippen LogP contribution in [-0.4, -0.2) is 41.2 Å². The van der Waals surface area contributed by atoms with E-state index in [4.69, 9.17) is 16.7 Å². The van der Waals surface area contributed by atoms with Crippen LogP contribution in [0.1, 0.15) is 16.8 Å². The Labute approximate surface area is 103 Å². The Morgan fingerprint density at radius 1 is 1.65 bits per heavy atom. The van der Waals surface area contributed by atoms with Crippen LogP contribution in [0.4, 0.5) is 5.69 Å². The monoisotopic (exact) mass is 253 g/mol. The van der Waals surface area contributed by atoms with Gasteiger partial charge in [0, 0.05) is 25.2 Å². The summed E-state index contributed by atoms with van der Waals surface area (Å²) in [6, 6.07) is 2.58. The second-order valence-electron chi connectivity index (χ2n) is 4.48. The maximum atomic E-state index is 11.0. The minimum Gasteiger partial charge on any atom is -0.478 e. The zero-order valence-corrected chi connectivity index (χ0v) is 9.81. The number of carboxylic acids is 1. The van der Waals surface area contributed by atoms with Crippen LogP contribution in [0.5, 0.6) is 0 Å². The van der Waals surface area contributed by atoms with Crippen LogP contribution >= 0.6 is 11.6 Å². The number of fused-ring (bicyclic) bond motifs is 2. The number of hydrogen-bond acceptors (Lipinski definition) is 4. The van der Waals surface area contributed by atoms with Gasteiger partial charge in [-0.2, -0.15) is 0 Å². The molecule has 90 valence electrons. The maximum absolute atomic E-state index is 11.0. The smallest absolute Gasteiger partial charge is 0.338 e. The Hall–Kier alpha value is -1.33. The molecule has 2 atom stereocenters. The van der Waals surface area contributed by atoms with E-state index in [-0.39, 0.29) is 10.7 Å². The largest absolute Gasteiger partial charge is 0.478 e. The summed E-state index contributed by atoms with van der Waals surface area (Å²) in [7, 11) is 0. The van der Waals surface area contributed by atoms with E-state index in [9.17, 15) is 4.79 Å². The molecule has 1 aromatic rings. The van der Waals surface area contributed by atoms with E-state index in [1.54, 1.807) is 12.3 Å². The molecule has 5 nitrogen and oxygen atoms in total. The number of nitrogens with one attached hydrogen (secondary N) is 1. The summed E-state index contributed by atoms with van der Waals surface area (Å²) in [6.07, 6.45) is 2.76. The SMILES string of the molecule is O=C(O)c1cc(N2C[C@@H]3C[C@H]2CN3)cnc1Cl. The van der Waals surface area contributed by atoms with Crippen molar-refractivity contribution >= 4 is 23.3 Å². The zero-order chi connectivity index (χ0) is 12.0. The van der Waals surface area contributed by atoms with Gasteiger partial charge in [0.1, 0.15) is 5.15 Å². The highest BCUT2D eigenvalue weighted by atomic mass is 35.5. The molecule has 6 heteroatoms. The number of halogens is 1. The van der Waals surface area contributed by atoms with Crippen LogP contribution < -0.4 is 10.2 Å². The van der Waals surface area contributed by atoms with Gasteiger partial charge in [-0.3, -0.25) is 0 Å². The Morgan fingerprint density at radius 2 is 2.47 bits per heavy atom. The fourth-order valence-corrected chi connectivity index (χ4v) is 2.81. The van der Waals surface area contributed by atoms with E-state index in [2.05, 4.69) is 15.2 Å². The second-order valence-corrected chi connectivity index (χ2v) is 4.84. The van der Waals surface area contributed by atoms with Crippen molar-refractivity contribution in [2.24, 2.45) is 0 Å². The normalized spacial score (nSPS) is 26.5. The average molecular weight is 254 g/mol. The summed E-state index contributed by atoms with van der Waals surface area (Å²) < 4.78 is 0. The fourth-order valence-electron chi connectivity index (χ4n) is 2.62. The number of rotatable bonds is 2. The molecule has 3 heterocycles. The van der Waals surface area contributed by atoms with Crippen molar-refractivity contribution in [3.63, 3.8) is 0 Å². The van der Waals surface area contributed by atoms with E-state index < -0.39 is 5.97 Å². The van der Waals surface area contributed by atoms with Crippen LogP contribution in [0.2, 0.25) is 5.15 Å². The number of pyridine rings is 1. The molecule has 1 aromatic heterocycles. The summed E-state index contributed by atoms with van der Waals surface area (Å²) in [5.74, 6) is -1.04. The van der Waals surface area contributed by atoms with Crippen LogP contribution in [0, 0.1) is 0 Å². The summed E-state index contributed by atoms with van der Waals surface area (Å²) in [4.78, 5) is 17.1. The van der Waals surface area contributed by atoms with E-state index in [1.807, 2.05) is 0 Å². The van der Waals surface area contributed by atoms with Gasteiger partial charge < -0.3 is 15.3 Å². The van der Waals surface area contributed by atoms with Gasteiger partial charge in [0.15, 0.2) is 0 Å². The summed E-state index contributed by atoms with van der Waals surface area (Å²) in [5.41, 5.74) is 0.917. The van der Waals surface area contributed by atoms with Crippen LogP contribution in [0.15, 0.2) is 12.3 Å². The molecule has 2 N–H and O–H groups in total. The summed E-state index contributed by atoms with van der Waals surface area (Å²) in [5, 5.41) is 12.5. The molecule has 0 amide bonds. The number of carbonyl (C=O) groups is 1. The molecule has 0 aromatic carbocycles. The Kier molecular flexibility index (Phi) is 2.45. The quantitative estimate of drug-likeness (QED) is 0.770. The minimum atomic E-state index is -1.04. The van der Waals surface area contributed by atoms with Crippen LogP contribution in [-0.2, 0) is 0 Å². The van der Waals surface area contributed by atoms with Gasteiger partial charge in [0.2, 0.25) is 0 Å². The lowest BCUT2D eigenvalue weighted by Gasteiger charge is -2.29. The topological polar surface area (TPSA) is 65.5 Å². The molecular formula is C11H12ClN3O2.